The molecule has 60 valence electrons. The van der Waals surface area contributed by atoms with Crippen molar-refractivity contribution in [2.45, 2.75) is 20.8 Å². The zero-order valence-corrected chi connectivity index (χ0v) is 8.56. The van der Waals surface area contributed by atoms with Gasteiger partial charge in [0.25, 0.3) is 0 Å². The predicted molar refractivity (Wildman–Crippen MR) is 50.6 cm³/mol. The Morgan fingerprint density at radius 3 is 2.20 bits per heavy atom. The van der Waals surface area contributed by atoms with Gasteiger partial charge in [0.15, 0.2) is 0 Å². The normalized spacial score (nSPS) is 12.8. The Morgan fingerprint density at radius 2 is 1.90 bits per heavy atom. The van der Waals surface area contributed by atoms with Gasteiger partial charge in [-0.25, -0.2) is 4.21 Å². The third-order valence-corrected chi connectivity index (χ3v) is 3.53. The van der Waals surface area contributed by atoms with Crippen LogP contribution in [0.2, 0.25) is 0 Å². The van der Waals surface area contributed by atoms with Crippen LogP contribution in [0, 0.1) is 0 Å². The smallest absolute Gasteiger partial charge is 0.0775 e. The van der Waals surface area contributed by atoms with E-state index in [-0.39, 0.29) is 0 Å². The van der Waals surface area contributed by atoms with Gasteiger partial charge < -0.3 is 0 Å². The number of hydrogen-bond acceptors (Lipinski definition) is 2. The first kappa shape index (κ1) is 10.2. The molecule has 0 fully saturated rings. The Balaban J connectivity index is 3.71. The van der Waals surface area contributed by atoms with Gasteiger partial charge in [0, 0.05) is 12.0 Å². The van der Waals surface area contributed by atoms with E-state index in [1.165, 1.54) is 21.9 Å². The van der Waals surface area contributed by atoms with Crippen molar-refractivity contribution in [3.63, 3.8) is 0 Å². The van der Waals surface area contributed by atoms with E-state index in [2.05, 4.69) is 20.8 Å². The lowest BCUT2D eigenvalue weighted by atomic mass is 10.2. The first-order valence-electron chi connectivity index (χ1n) is 3.13. The molecule has 0 aliphatic carbocycles. The van der Waals surface area contributed by atoms with E-state index in [9.17, 15) is 4.21 Å². The molecular weight excluding hydrogens is 164 g/mol. The summed E-state index contributed by atoms with van der Waals surface area (Å²) in [6.07, 6.45) is 1.71. The summed E-state index contributed by atoms with van der Waals surface area (Å²) in [5.74, 6) is 0.894. The van der Waals surface area contributed by atoms with Gasteiger partial charge in [0.1, 0.15) is 0 Å². The van der Waals surface area contributed by atoms with Crippen molar-refractivity contribution >= 4 is 20.6 Å². The third kappa shape index (κ3) is 5.06. The molecule has 0 heterocycles. The maximum Gasteiger partial charge on any atom is 0.0775 e. The van der Waals surface area contributed by atoms with Crippen molar-refractivity contribution in [2.24, 2.45) is 0 Å². The van der Waals surface area contributed by atoms with Gasteiger partial charge in [0.05, 0.1) is 9.83 Å². The number of rotatable bonds is 3. The molecule has 0 aliphatic rings. The molecule has 10 heavy (non-hydrogen) atoms. The molecule has 1 atom stereocenters. The van der Waals surface area contributed by atoms with E-state index in [0.29, 0.717) is 0 Å². The van der Waals surface area contributed by atoms with Gasteiger partial charge in [-0.1, -0.05) is 21.9 Å². The Morgan fingerprint density at radius 1 is 1.40 bits per heavy atom. The maximum atomic E-state index is 10.6. The minimum atomic E-state index is -0.720. The first-order valence-corrected chi connectivity index (χ1v) is 6.19. The predicted octanol–water partition coefficient (Wildman–Crippen LogP) is 2.37. The lowest BCUT2D eigenvalue weighted by Crippen LogP contribution is -1.86. The summed E-state index contributed by atoms with van der Waals surface area (Å²) in [6, 6.07) is 0. The number of allylic oxidation sites excluding steroid dienone is 1. The lowest BCUT2D eigenvalue weighted by molar-refractivity contribution is 0.695. The molecule has 0 aromatic carbocycles. The largest absolute Gasteiger partial charge is 0.248 e. The van der Waals surface area contributed by atoms with Crippen LogP contribution in [0.25, 0.3) is 0 Å². The SMILES string of the molecule is CC(C)=C(C)CSS(C)=O. The van der Waals surface area contributed by atoms with Crippen molar-refractivity contribution in [1.29, 1.82) is 0 Å². The standard InChI is InChI=1S/C7H14OS2/c1-6(2)7(3)5-9-10(4)8/h5H2,1-4H3. The zero-order chi connectivity index (χ0) is 8.15. The third-order valence-electron chi connectivity index (χ3n) is 1.29. The van der Waals surface area contributed by atoms with E-state index < -0.39 is 9.83 Å². The van der Waals surface area contributed by atoms with Gasteiger partial charge in [0.2, 0.25) is 0 Å². The fourth-order valence-electron chi connectivity index (χ4n) is 0.316. The van der Waals surface area contributed by atoms with Crippen LogP contribution in [-0.4, -0.2) is 16.2 Å². The minimum Gasteiger partial charge on any atom is -0.248 e. The highest BCUT2D eigenvalue weighted by Crippen LogP contribution is 2.12. The summed E-state index contributed by atoms with van der Waals surface area (Å²) in [6.45, 7) is 6.23. The van der Waals surface area contributed by atoms with Gasteiger partial charge in [-0.3, -0.25) is 0 Å². The zero-order valence-electron chi connectivity index (χ0n) is 6.93. The second-order valence-electron chi connectivity index (χ2n) is 2.44. The Bertz CT molecular complexity index is 157. The molecule has 0 aromatic rings. The van der Waals surface area contributed by atoms with Crippen LogP contribution in [0.15, 0.2) is 11.1 Å². The summed E-state index contributed by atoms with van der Waals surface area (Å²) in [5.41, 5.74) is 2.66. The fourth-order valence-corrected chi connectivity index (χ4v) is 1.98. The van der Waals surface area contributed by atoms with Crippen LogP contribution in [-0.2, 0) is 9.83 Å². The molecule has 3 heteroatoms. The van der Waals surface area contributed by atoms with Crippen LogP contribution < -0.4 is 0 Å². The minimum absolute atomic E-state index is 0.720. The highest BCUT2D eigenvalue weighted by molar-refractivity contribution is 8.69. The molecule has 1 nitrogen and oxygen atoms in total. The molecule has 1 unspecified atom stereocenters. The second-order valence-corrected chi connectivity index (χ2v) is 5.89. The molecule has 0 aliphatic heterocycles. The summed E-state index contributed by atoms with van der Waals surface area (Å²) in [7, 11) is 0.762. The molecule has 0 spiro atoms. The van der Waals surface area contributed by atoms with Crippen LogP contribution >= 0.6 is 10.8 Å². The van der Waals surface area contributed by atoms with E-state index >= 15 is 0 Å². The highest BCUT2D eigenvalue weighted by Gasteiger charge is 1.94. The van der Waals surface area contributed by atoms with E-state index in [4.69, 9.17) is 0 Å². The van der Waals surface area contributed by atoms with Crippen molar-refractivity contribution in [3.05, 3.63) is 11.1 Å². The molecule has 0 rings (SSSR count). The fraction of sp³-hybridized carbons (Fsp3) is 0.714. The molecule has 0 N–H and O–H groups in total. The Kier molecular flexibility index (Phi) is 5.09. The highest BCUT2D eigenvalue weighted by atomic mass is 33.1. The summed E-state index contributed by atoms with van der Waals surface area (Å²) in [4.78, 5) is 0. The summed E-state index contributed by atoms with van der Waals surface area (Å²) < 4.78 is 10.6. The van der Waals surface area contributed by atoms with E-state index in [1.54, 1.807) is 6.26 Å². The Labute approximate surface area is 69.1 Å². The van der Waals surface area contributed by atoms with Gasteiger partial charge in [-0.2, -0.15) is 0 Å². The van der Waals surface area contributed by atoms with E-state index in [1.807, 2.05) is 0 Å². The topological polar surface area (TPSA) is 17.1 Å². The molecule has 0 aromatic heterocycles. The summed E-state index contributed by atoms with van der Waals surface area (Å²) in [5, 5.41) is 0. The maximum absolute atomic E-state index is 10.6. The monoisotopic (exact) mass is 178 g/mol. The average molecular weight is 178 g/mol. The molecular formula is C7H14OS2. The van der Waals surface area contributed by atoms with Crippen molar-refractivity contribution in [3.8, 4) is 0 Å². The van der Waals surface area contributed by atoms with Gasteiger partial charge in [-0.15, -0.1) is 0 Å². The van der Waals surface area contributed by atoms with Crippen LogP contribution in [0.3, 0.4) is 0 Å². The average Bonchev–Trinajstić information content (AvgIpc) is 1.82. The quantitative estimate of drug-likeness (QED) is 0.487. The van der Waals surface area contributed by atoms with Crippen LogP contribution in [0.4, 0.5) is 0 Å². The molecule has 0 saturated carbocycles. The van der Waals surface area contributed by atoms with Crippen molar-refractivity contribution < 1.29 is 4.21 Å². The number of hydrogen-bond donors (Lipinski definition) is 0. The molecule has 0 radical (unpaired) electrons. The van der Waals surface area contributed by atoms with Crippen LogP contribution in [0.1, 0.15) is 20.8 Å². The van der Waals surface area contributed by atoms with E-state index in [0.717, 1.165) is 5.75 Å². The molecule has 0 saturated heterocycles. The van der Waals surface area contributed by atoms with Gasteiger partial charge in [-0.05, 0) is 20.8 Å². The summed E-state index contributed by atoms with van der Waals surface area (Å²) >= 11 is 0. The van der Waals surface area contributed by atoms with Crippen molar-refractivity contribution in [1.82, 2.24) is 0 Å². The van der Waals surface area contributed by atoms with Gasteiger partial charge >= 0.3 is 0 Å². The van der Waals surface area contributed by atoms with Crippen molar-refractivity contribution in [2.75, 3.05) is 12.0 Å². The second kappa shape index (κ2) is 4.97. The first-order chi connectivity index (χ1) is 4.54. The lowest BCUT2D eigenvalue weighted by Gasteiger charge is -1.99. The molecule has 0 bridgehead atoms. The van der Waals surface area contributed by atoms with Crippen LogP contribution in [0.5, 0.6) is 0 Å². The Hall–Kier alpha value is 0.240. The molecule has 0 amide bonds.